The Bertz CT molecular complexity index is 1480. The van der Waals surface area contributed by atoms with Gasteiger partial charge in [-0.05, 0) is 74.9 Å². The quantitative estimate of drug-likeness (QED) is 0.302. The summed E-state index contributed by atoms with van der Waals surface area (Å²) in [7, 11) is 1.56. The predicted octanol–water partition coefficient (Wildman–Crippen LogP) is 5.42. The molecule has 0 spiro atoms. The average Bonchev–Trinajstić information content (AvgIpc) is 3.40. The molecule has 0 saturated carbocycles. The zero-order valence-electron chi connectivity index (χ0n) is 24.6. The van der Waals surface area contributed by atoms with Crippen LogP contribution in [-0.2, 0) is 9.59 Å². The number of nitrogens with zero attached hydrogens (tertiary/aromatic N) is 4. The largest absolute Gasteiger partial charge is 0.493 e. The van der Waals surface area contributed by atoms with Crippen molar-refractivity contribution in [3.63, 3.8) is 0 Å². The number of hydrogen-bond donors (Lipinski definition) is 2. The van der Waals surface area contributed by atoms with Gasteiger partial charge in [0.2, 0.25) is 11.1 Å². The third-order valence-electron chi connectivity index (χ3n) is 7.35. The molecule has 0 bridgehead atoms. The normalized spacial score (nSPS) is 16.5. The van der Waals surface area contributed by atoms with Gasteiger partial charge in [0.1, 0.15) is 6.04 Å². The highest BCUT2D eigenvalue weighted by Gasteiger charge is 2.35. The summed E-state index contributed by atoms with van der Waals surface area (Å²) in [5.41, 5.74) is 3.73. The number of amides is 2. The Balaban J connectivity index is 1.46. The molecule has 1 saturated heterocycles. The van der Waals surface area contributed by atoms with Crippen LogP contribution in [0.5, 0.6) is 11.5 Å². The van der Waals surface area contributed by atoms with Gasteiger partial charge in [0.05, 0.1) is 12.7 Å². The molecule has 11 heteroatoms. The maximum absolute atomic E-state index is 13.8. The van der Waals surface area contributed by atoms with E-state index < -0.39 is 6.04 Å². The van der Waals surface area contributed by atoms with Crippen molar-refractivity contribution in [1.82, 2.24) is 19.7 Å². The number of methoxy groups -OCH3 is 1. The van der Waals surface area contributed by atoms with Gasteiger partial charge >= 0.3 is 0 Å². The molecule has 42 heavy (non-hydrogen) atoms. The van der Waals surface area contributed by atoms with E-state index in [9.17, 15) is 9.59 Å². The molecule has 0 aliphatic carbocycles. The van der Waals surface area contributed by atoms with Gasteiger partial charge in [-0.1, -0.05) is 36.9 Å². The van der Waals surface area contributed by atoms with Gasteiger partial charge in [-0.3, -0.25) is 9.59 Å². The van der Waals surface area contributed by atoms with Crippen molar-refractivity contribution in [2.45, 2.75) is 57.7 Å². The molecule has 2 aromatic carbocycles. The number of aryl methyl sites for hydroxylation is 1. The molecule has 10 nitrogen and oxygen atoms in total. The number of nitrogens with one attached hydrogen (secondary N) is 2. The second kappa shape index (κ2) is 13.3. The van der Waals surface area contributed by atoms with Crippen LogP contribution in [0.4, 0.5) is 11.6 Å². The molecule has 0 radical (unpaired) electrons. The van der Waals surface area contributed by atoms with Crippen molar-refractivity contribution in [2.24, 2.45) is 0 Å². The summed E-state index contributed by atoms with van der Waals surface area (Å²) in [4.78, 5) is 33.1. The highest BCUT2D eigenvalue weighted by Crippen LogP contribution is 2.40. The molecule has 1 fully saturated rings. The summed E-state index contributed by atoms with van der Waals surface area (Å²) in [6, 6.07) is 12.6. The minimum absolute atomic E-state index is 0.0304. The number of thioether (sulfide) groups is 1. The van der Waals surface area contributed by atoms with Crippen molar-refractivity contribution in [2.75, 3.05) is 43.2 Å². The predicted molar refractivity (Wildman–Crippen MR) is 164 cm³/mol. The Morgan fingerprint density at radius 2 is 1.90 bits per heavy atom. The molecule has 2 N–H and O–H groups in total. The molecule has 3 aromatic rings. The minimum atomic E-state index is -0.576. The lowest BCUT2D eigenvalue weighted by atomic mass is 9.94. The Kier molecular flexibility index (Phi) is 9.36. The standard InChI is InChI=1S/C31H38N6O4S/c1-5-16-42-31-34-30-32-21(3)27(29(39)33-23-11-9-10-20(2)17-23)28(37(30)35-31)22-12-13-24(25(18-22)40-4)41-19-26(38)36-14-7-6-8-15-36/h9-13,17-18,28H,5-8,14-16,19H2,1-4H3,(H,33,39)(H,32,34,35). The van der Waals surface area contributed by atoms with E-state index in [1.165, 1.54) is 0 Å². The van der Waals surface area contributed by atoms with Crippen molar-refractivity contribution >= 4 is 35.2 Å². The second-order valence-electron chi connectivity index (χ2n) is 10.5. The highest BCUT2D eigenvalue weighted by molar-refractivity contribution is 7.99. The molecule has 2 amide bonds. The van der Waals surface area contributed by atoms with Gasteiger partial charge in [0.25, 0.3) is 11.8 Å². The lowest BCUT2D eigenvalue weighted by Gasteiger charge is -2.29. The first kappa shape index (κ1) is 29.5. The zero-order chi connectivity index (χ0) is 29.6. The zero-order valence-corrected chi connectivity index (χ0v) is 25.4. The SMILES string of the molecule is CCCSc1nc2n(n1)C(c1ccc(OCC(=O)N3CCCCC3)c(OC)c1)C(C(=O)Nc1cccc(C)c1)=C(C)N2. The summed E-state index contributed by atoms with van der Waals surface area (Å²) < 4.78 is 13.4. The summed E-state index contributed by atoms with van der Waals surface area (Å²) in [6.07, 6.45) is 4.19. The molecule has 1 atom stereocenters. The fourth-order valence-corrected chi connectivity index (χ4v) is 5.94. The van der Waals surface area contributed by atoms with Gasteiger partial charge < -0.3 is 25.0 Å². The molecule has 2 aliphatic rings. The topological polar surface area (TPSA) is 111 Å². The molecule has 1 aromatic heterocycles. The van der Waals surface area contributed by atoms with Crippen LogP contribution in [0.1, 0.15) is 56.7 Å². The van der Waals surface area contributed by atoms with E-state index in [0.717, 1.165) is 55.7 Å². The smallest absolute Gasteiger partial charge is 0.260 e. The maximum Gasteiger partial charge on any atom is 0.260 e. The number of aromatic nitrogens is 3. The number of rotatable bonds is 10. The summed E-state index contributed by atoms with van der Waals surface area (Å²) in [5, 5.41) is 11.8. The van der Waals surface area contributed by atoms with E-state index in [2.05, 4.69) is 17.6 Å². The van der Waals surface area contributed by atoms with Gasteiger partial charge in [-0.2, -0.15) is 4.98 Å². The van der Waals surface area contributed by atoms with E-state index >= 15 is 0 Å². The van der Waals surface area contributed by atoms with E-state index in [-0.39, 0.29) is 18.4 Å². The Morgan fingerprint density at radius 1 is 1.10 bits per heavy atom. The van der Waals surface area contributed by atoms with Crippen molar-refractivity contribution < 1.29 is 19.1 Å². The molecule has 5 rings (SSSR count). The van der Waals surface area contributed by atoms with Crippen LogP contribution in [0.25, 0.3) is 0 Å². The number of hydrogen-bond acceptors (Lipinski definition) is 8. The Labute approximate surface area is 250 Å². The van der Waals surface area contributed by atoms with Crippen LogP contribution in [-0.4, -0.2) is 64.0 Å². The number of likely N-dealkylation sites (tertiary alicyclic amines) is 1. The van der Waals surface area contributed by atoms with Crippen LogP contribution < -0.4 is 20.1 Å². The van der Waals surface area contributed by atoms with Gasteiger partial charge in [-0.15, -0.1) is 5.10 Å². The van der Waals surface area contributed by atoms with E-state index in [1.807, 2.05) is 55.1 Å². The number of carbonyl (C=O) groups excluding carboxylic acids is 2. The Hall–Kier alpha value is -3.99. The van der Waals surface area contributed by atoms with E-state index in [1.54, 1.807) is 29.6 Å². The number of piperidine rings is 1. The second-order valence-corrected chi connectivity index (χ2v) is 11.6. The average molecular weight is 591 g/mol. The fourth-order valence-electron chi connectivity index (χ4n) is 5.26. The minimum Gasteiger partial charge on any atom is -0.493 e. The summed E-state index contributed by atoms with van der Waals surface area (Å²) >= 11 is 1.57. The van der Waals surface area contributed by atoms with E-state index in [4.69, 9.17) is 19.6 Å². The van der Waals surface area contributed by atoms with Crippen LogP contribution in [0.2, 0.25) is 0 Å². The van der Waals surface area contributed by atoms with Gasteiger partial charge in [0.15, 0.2) is 18.1 Å². The molecular weight excluding hydrogens is 552 g/mol. The third-order valence-corrected chi connectivity index (χ3v) is 8.40. The number of fused-ring (bicyclic) bond motifs is 1. The summed E-state index contributed by atoms with van der Waals surface area (Å²) in [6.45, 7) is 7.45. The number of ether oxygens (including phenoxy) is 2. The monoisotopic (exact) mass is 590 g/mol. The van der Waals surface area contributed by atoms with E-state index in [0.29, 0.717) is 39.6 Å². The van der Waals surface area contributed by atoms with Crippen molar-refractivity contribution in [3.05, 3.63) is 64.9 Å². The molecule has 2 aliphatic heterocycles. The third kappa shape index (κ3) is 6.56. The van der Waals surface area contributed by atoms with Gasteiger partial charge in [-0.25, -0.2) is 4.68 Å². The molecule has 3 heterocycles. The fraction of sp³-hybridized carbons (Fsp3) is 0.419. The van der Waals surface area contributed by atoms with Crippen LogP contribution in [0, 0.1) is 6.92 Å². The van der Waals surface area contributed by atoms with Crippen LogP contribution >= 0.6 is 11.8 Å². The van der Waals surface area contributed by atoms with Crippen molar-refractivity contribution in [1.29, 1.82) is 0 Å². The Morgan fingerprint density at radius 3 is 2.64 bits per heavy atom. The summed E-state index contributed by atoms with van der Waals surface area (Å²) in [5.74, 6) is 2.11. The first-order chi connectivity index (χ1) is 20.4. The number of benzene rings is 2. The lowest BCUT2D eigenvalue weighted by Crippen LogP contribution is -2.38. The van der Waals surface area contributed by atoms with Gasteiger partial charge in [0, 0.05) is 30.2 Å². The lowest BCUT2D eigenvalue weighted by molar-refractivity contribution is -0.134. The number of carbonyl (C=O) groups is 2. The number of anilines is 2. The molecule has 1 unspecified atom stereocenters. The highest BCUT2D eigenvalue weighted by atomic mass is 32.2. The van der Waals surface area contributed by atoms with Crippen molar-refractivity contribution in [3.8, 4) is 11.5 Å². The molecular formula is C31H38N6O4S. The first-order valence-corrected chi connectivity index (χ1v) is 15.4. The maximum atomic E-state index is 13.8. The first-order valence-electron chi connectivity index (χ1n) is 14.4. The molecule has 222 valence electrons. The van der Waals surface area contributed by atoms with Crippen LogP contribution in [0.3, 0.4) is 0 Å². The number of allylic oxidation sites excluding steroid dienone is 1. The van der Waals surface area contributed by atoms with Crippen LogP contribution in [0.15, 0.2) is 58.9 Å².